The number of hydrogen-bond acceptors (Lipinski definition) is 1. The molecule has 2 nitrogen and oxygen atoms in total. The van der Waals surface area contributed by atoms with Crippen molar-refractivity contribution in [3.8, 4) is 0 Å². The summed E-state index contributed by atoms with van der Waals surface area (Å²) >= 11 is 0. The Bertz CT molecular complexity index is 494. The minimum absolute atomic E-state index is 0.348. The largest absolute Gasteiger partial charge is 0.368 e. The van der Waals surface area contributed by atoms with Crippen molar-refractivity contribution in [1.29, 1.82) is 0 Å². The molecule has 0 radical (unpaired) electrons. The van der Waals surface area contributed by atoms with Gasteiger partial charge in [0.2, 0.25) is 0 Å². The molecule has 0 unspecified atom stereocenters. The van der Waals surface area contributed by atoms with Gasteiger partial charge in [0.25, 0.3) is 0 Å². The predicted molar refractivity (Wildman–Crippen MR) is 56.3 cm³/mol. The summed E-state index contributed by atoms with van der Waals surface area (Å²) in [5, 5.41) is 1.34. The topological polar surface area (TPSA) is 17.5 Å². The van der Waals surface area contributed by atoms with Crippen molar-refractivity contribution in [1.82, 2.24) is 4.57 Å². The number of ether oxygens (including phenoxy) is 1. The number of epoxide rings is 1. The Hall–Kier alpha value is -1.28. The van der Waals surface area contributed by atoms with Crippen LogP contribution >= 0.6 is 0 Å². The average Bonchev–Trinajstić information content (AvgIpc) is 2.99. The van der Waals surface area contributed by atoms with E-state index in [1.54, 1.807) is 0 Å². The lowest BCUT2D eigenvalue weighted by molar-refractivity contribution is 0.415. The zero-order valence-electron chi connectivity index (χ0n) is 8.45. The van der Waals surface area contributed by atoms with Crippen molar-refractivity contribution in [3.05, 3.63) is 35.5 Å². The molecule has 0 spiro atoms. The van der Waals surface area contributed by atoms with Crippen LogP contribution in [0.2, 0.25) is 0 Å². The molecule has 72 valence electrons. The summed E-state index contributed by atoms with van der Waals surface area (Å²) in [5.74, 6) is 0. The van der Waals surface area contributed by atoms with Crippen LogP contribution in [0, 0.1) is 6.92 Å². The fourth-order valence-electron chi connectivity index (χ4n) is 2.17. The summed E-state index contributed by atoms with van der Waals surface area (Å²) < 4.78 is 7.63. The molecule has 1 aromatic heterocycles. The van der Waals surface area contributed by atoms with Gasteiger partial charge in [0.05, 0.1) is 6.61 Å². The van der Waals surface area contributed by atoms with Crippen LogP contribution in [0.3, 0.4) is 0 Å². The van der Waals surface area contributed by atoms with Gasteiger partial charge in [-0.25, -0.2) is 0 Å². The molecule has 1 aliphatic heterocycles. The standard InChI is InChI=1S/C12H13NO/c1-8-12(11-7-14-11)9-5-3-4-6-10(9)13(8)2/h3-6,11H,7H2,1-2H3/t11-/m0/s1. The van der Waals surface area contributed by atoms with Crippen LogP contribution in [0.4, 0.5) is 0 Å². The molecule has 0 aliphatic carbocycles. The molecule has 1 aliphatic rings. The number of nitrogens with zero attached hydrogens (tertiary/aromatic N) is 1. The third-order valence-electron chi connectivity index (χ3n) is 3.10. The van der Waals surface area contributed by atoms with Gasteiger partial charge in [-0.2, -0.15) is 0 Å². The van der Waals surface area contributed by atoms with Crippen LogP contribution in [-0.4, -0.2) is 11.2 Å². The first-order valence-corrected chi connectivity index (χ1v) is 4.94. The summed E-state index contributed by atoms with van der Waals surface area (Å²) in [5.41, 5.74) is 4.01. The molecule has 2 heteroatoms. The van der Waals surface area contributed by atoms with E-state index >= 15 is 0 Å². The maximum Gasteiger partial charge on any atom is 0.108 e. The molecule has 0 amide bonds. The van der Waals surface area contributed by atoms with E-state index in [9.17, 15) is 0 Å². The molecule has 1 aromatic carbocycles. The highest BCUT2D eigenvalue weighted by Crippen LogP contribution is 2.38. The van der Waals surface area contributed by atoms with Gasteiger partial charge in [0, 0.05) is 29.2 Å². The lowest BCUT2D eigenvalue weighted by Crippen LogP contribution is -1.91. The van der Waals surface area contributed by atoms with E-state index in [0.717, 1.165) is 6.61 Å². The number of benzene rings is 1. The summed E-state index contributed by atoms with van der Waals surface area (Å²) in [6.45, 7) is 3.05. The minimum Gasteiger partial charge on any atom is -0.368 e. The molecular weight excluding hydrogens is 174 g/mol. The van der Waals surface area contributed by atoms with E-state index in [4.69, 9.17) is 4.74 Å². The quantitative estimate of drug-likeness (QED) is 0.627. The van der Waals surface area contributed by atoms with Crippen LogP contribution in [-0.2, 0) is 11.8 Å². The molecule has 2 aromatic rings. The zero-order chi connectivity index (χ0) is 9.71. The number of fused-ring (bicyclic) bond motifs is 1. The van der Waals surface area contributed by atoms with E-state index in [-0.39, 0.29) is 0 Å². The second kappa shape index (κ2) is 2.61. The van der Waals surface area contributed by atoms with Crippen molar-refractivity contribution < 1.29 is 4.74 Å². The van der Waals surface area contributed by atoms with E-state index in [2.05, 4.69) is 42.8 Å². The number of aryl methyl sites for hydroxylation is 1. The van der Waals surface area contributed by atoms with Crippen molar-refractivity contribution in [3.63, 3.8) is 0 Å². The van der Waals surface area contributed by atoms with Crippen LogP contribution in [0.5, 0.6) is 0 Å². The number of rotatable bonds is 1. The smallest absolute Gasteiger partial charge is 0.108 e. The normalized spacial score (nSPS) is 20.3. The molecule has 2 heterocycles. The van der Waals surface area contributed by atoms with E-state index < -0.39 is 0 Å². The Morgan fingerprint density at radius 3 is 2.79 bits per heavy atom. The first kappa shape index (κ1) is 8.06. The third kappa shape index (κ3) is 0.946. The molecule has 0 saturated carbocycles. The van der Waals surface area contributed by atoms with Crippen molar-refractivity contribution >= 4 is 10.9 Å². The Kier molecular flexibility index (Phi) is 1.50. The number of aromatic nitrogens is 1. The van der Waals surface area contributed by atoms with Gasteiger partial charge in [0.15, 0.2) is 0 Å². The van der Waals surface area contributed by atoms with Crippen LogP contribution in [0.15, 0.2) is 24.3 Å². The van der Waals surface area contributed by atoms with Crippen molar-refractivity contribution in [2.75, 3.05) is 6.61 Å². The highest BCUT2D eigenvalue weighted by Gasteiger charge is 2.30. The number of hydrogen-bond donors (Lipinski definition) is 0. The summed E-state index contributed by atoms with van der Waals surface area (Å²) in [4.78, 5) is 0. The molecule has 1 fully saturated rings. The van der Waals surface area contributed by atoms with Gasteiger partial charge in [-0.3, -0.25) is 0 Å². The first-order valence-electron chi connectivity index (χ1n) is 4.94. The fraction of sp³-hybridized carbons (Fsp3) is 0.333. The molecular formula is C12H13NO. The van der Waals surface area contributed by atoms with Gasteiger partial charge in [-0.15, -0.1) is 0 Å². The summed E-state index contributed by atoms with van der Waals surface area (Å²) in [7, 11) is 2.11. The van der Waals surface area contributed by atoms with Crippen molar-refractivity contribution in [2.24, 2.45) is 7.05 Å². The summed E-state index contributed by atoms with van der Waals surface area (Å²) in [6.07, 6.45) is 0.348. The average molecular weight is 187 g/mol. The second-order valence-electron chi connectivity index (χ2n) is 3.90. The Morgan fingerprint density at radius 1 is 1.36 bits per heavy atom. The Morgan fingerprint density at radius 2 is 2.07 bits per heavy atom. The fourth-order valence-corrected chi connectivity index (χ4v) is 2.17. The number of para-hydroxylation sites is 1. The summed E-state index contributed by atoms with van der Waals surface area (Å²) in [6, 6.07) is 8.51. The lowest BCUT2D eigenvalue weighted by atomic mass is 10.1. The maximum atomic E-state index is 5.38. The van der Waals surface area contributed by atoms with E-state index in [0.29, 0.717) is 6.10 Å². The molecule has 1 atom stereocenters. The molecule has 3 rings (SSSR count). The van der Waals surface area contributed by atoms with Gasteiger partial charge in [-0.05, 0) is 13.0 Å². The van der Waals surface area contributed by atoms with Gasteiger partial charge in [0.1, 0.15) is 6.10 Å². The SMILES string of the molecule is Cc1c([C@@H]2CO2)c2ccccc2n1C. The van der Waals surface area contributed by atoms with E-state index in [1.165, 1.54) is 22.2 Å². The highest BCUT2D eigenvalue weighted by molar-refractivity contribution is 5.86. The Balaban J connectivity index is 2.40. The zero-order valence-corrected chi connectivity index (χ0v) is 8.45. The maximum absolute atomic E-state index is 5.38. The van der Waals surface area contributed by atoms with Crippen LogP contribution in [0.25, 0.3) is 10.9 Å². The molecule has 14 heavy (non-hydrogen) atoms. The van der Waals surface area contributed by atoms with E-state index in [1.807, 2.05) is 0 Å². The monoisotopic (exact) mass is 187 g/mol. The van der Waals surface area contributed by atoms with Gasteiger partial charge < -0.3 is 9.30 Å². The van der Waals surface area contributed by atoms with Gasteiger partial charge >= 0.3 is 0 Å². The molecule has 0 bridgehead atoms. The van der Waals surface area contributed by atoms with Crippen molar-refractivity contribution in [2.45, 2.75) is 13.0 Å². The Labute approximate surface area is 83.1 Å². The highest BCUT2D eigenvalue weighted by atomic mass is 16.6. The van der Waals surface area contributed by atoms with Crippen LogP contribution < -0.4 is 0 Å². The molecule has 1 saturated heterocycles. The second-order valence-corrected chi connectivity index (χ2v) is 3.90. The predicted octanol–water partition coefficient (Wildman–Crippen LogP) is 2.56. The van der Waals surface area contributed by atoms with Crippen LogP contribution in [0.1, 0.15) is 17.4 Å². The minimum atomic E-state index is 0.348. The first-order chi connectivity index (χ1) is 6.79. The van der Waals surface area contributed by atoms with Gasteiger partial charge in [-0.1, -0.05) is 18.2 Å². The third-order valence-corrected chi connectivity index (χ3v) is 3.10. The lowest BCUT2D eigenvalue weighted by Gasteiger charge is -1.97. The molecule has 0 N–H and O–H groups in total.